The Balaban J connectivity index is 1.74. The third-order valence-corrected chi connectivity index (χ3v) is 5.14. The molecule has 0 heterocycles. The first-order chi connectivity index (χ1) is 9.58. The summed E-state index contributed by atoms with van der Waals surface area (Å²) in [5, 5.41) is 3.33. The second kappa shape index (κ2) is 5.15. The lowest BCUT2D eigenvalue weighted by Crippen LogP contribution is -2.30. The van der Waals surface area contributed by atoms with Crippen LogP contribution in [0.25, 0.3) is 0 Å². The number of nitrogens with one attached hydrogen (secondary N) is 1. The Bertz CT molecular complexity index is 505. The van der Waals surface area contributed by atoms with Crippen LogP contribution in [0, 0.1) is 23.6 Å². The SMILES string of the molecule is COc1cc(NC(C)C2CC3CCC2C3)c(F)cc1N. The van der Waals surface area contributed by atoms with Crippen molar-refractivity contribution in [1.29, 1.82) is 0 Å². The van der Waals surface area contributed by atoms with Crippen molar-refractivity contribution in [3.05, 3.63) is 17.9 Å². The van der Waals surface area contributed by atoms with Crippen molar-refractivity contribution in [3.8, 4) is 5.75 Å². The van der Waals surface area contributed by atoms with Gasteiger partial charge >= 0.3 is 0 Å². The van der Waals surface area contributed by atoms with Crippen LogP contribution in [0.3, 0.4) is 0 Å². The fraction of sp³-hybridized carbons (Fsp3) is 0.625. The van der Waals surface area contributed by atoms with Crippen LogP contribution in [0.4, 0.5) is 15.8 Å². The smallest absolute Gasteiger partial charge is 0.148 e. The lowest BCUT2D eigenvalue weighted by Gasteiger charge is -2.29. The molecule has 0 amide bonds. The highest BCUT2D eigenvalue weighted by Gasteiger charge is 2.41. The molecule has 0 saturated heterocycles. The molecule has 0 aromatic heterocycles. The summed E-state index contributed by atoms with van der Waals surface area (Å²) < 4.78 is 19.2. The average molecular weight is 278 g/mol. The number of nitrogen functional groups attached to an aromatic ring is 1. The zero-order chi connectivity index (χ0) is 14.3. The molecule has 3 N–H and O–H groups in total. The molecule has 1 aromatic carbocycles. The van der Waals surface area contributed by atoms with Crippen molar-refractivity contribution in [3.63, 3.8) is 0 Å². The van der Waals surface area contributed by atoms with Crippen molar-refractivity contribution in [2.45, 2.75) is 38.6 Å². The zero-order valence-electron chi connectivity index (χ0n) is 12.2. The van der Waals surface area contributed by atoms with Crippen LogP contribution in [-0.2, 0) is 0 Å². The molecule has 110 valence electrons. The van der Waals surface area contributed by atoms with Gasteiger partial charge in [-0.05, 0) is 43.9 Å². The number of rotatable bonds is 4. The predicted octanol–water partition coefficient (Wildman–Crippen LogP) is 3.65. The fourth-order valence-electron chi connectivity index (χ4n) is 4.11. The fourth-order valence-corrected chi connectivity index (χ4v) is 4.11. The molecule has 20 heavy (non-hydrogen) atoms. The molecule has 0 aliphatic heterocycles. The van der Waals surface area contributed by atoms with E-state index in [9.17, 15) is 4.39 Å². The maximum atomic E-state index is 14.0. The number of nitrogens with two attached hydrogens (primary N) is 1. The Morgan fingerprint density at radius 2 is 2.15 bits per heavy atom. The minimum Gasteiger partial charge on any atom is -0.495 e. The molecule has 3 rings (SSSR count). The van der Waals surface area contributed by atoms with E-state index in [0.29, 0.717) is 23.0 Å². The summed E-state index contributed by atoms with van der Waals surface area (Å²) in [5.74, 6) is 2.60. The van der Waals surface area contributed by atoms with Crippen LogP contribution in [-0.4, -0.2) is 13.2 Å². The lowest BCUT2D eigenvalue weighted by atomic mass is 9.84. The van der Waals surface area contributed by atoms with E-state index < -0.39 is 0 Å². The Kier molecular flexibility index (Phi) is 3.48. The molecular weight excluding hydrogens is 255 g/mol. The summed E-state index contributed by atoms with van der Waals surface area (Å²) in [6.07, 6.45) is 5.38. The molecule has 4 heteroatoms. The number of hydrogen-bond donors (Lipinski definition) is 2. The van der Waals surface area contributed by atoms with Gasteiger partial charge in [0.2, 0.25) is 0 Å². The number of fused-ring (bicyclic) bond motifs is 2. The van der Waals surface area contributed by atoms with E-state index in [1.165, 1.54) is 31.7 Å². The van der Waals surface area contributed by atoms with Gasteiger partial charge in [-0.1, -0.05) is 6.42 Å². The van der Waals surface area contributed by atoms with Gasteiger partial charge in [-0.2, -0.15) is 0 Å². The first-order valence-corrected chi connectivity index (χ1v) is 7.48. The predicted molar refractivity (Wildman–Crippen MR) is 79.4 cm³/mol. The molecule has 4 atom stereocenters. The lowest BCUT2D eigenvalue weighted by molar-refractivity contribution is 0.303. The van der Waals surface area contributed by atoms with E-state index in [4.69, 9.17) is 10.5 Å². The minimum absolute atomic E-state index is 0.285. The minimum atomic E-state index is -0.307. The van der Waals surface area contributed by atoms with E-state index in [2.05, 4.69) is 12.2 Å². The van der Waals surface area contributed by atoms with Gasteiger partial charge in [0.1, 0.15) is 11.6 Å². The van der Waals surface area contributed by atoms with Crippen molar-refractivity contribution in [2.24, 2.45) is 17.8 Å². The van der Waals surface area contributed by atoms with E-state index in [-0.39, 0.29) is 11.9 Å². The van der Waals surface area contributed by atoms with Gasteiger partial charge in [-0.15, -0.1) is 0 Å². The molecule has 1 aromatic rings. The van der Waals surface area contributed by atoms with Crippen molar-refractivity contribution in [1.82, 2.24) is 0 Å². The third kappa shape index (κ3) is 2.32. The number of anilines is 2. The third-order valence-electron chi connectivity index (χ3n) is 5.14. The average Bonchev–Trinajstić information content (AvgIpc) is 3.04. The van der Waals surface area contributed by atoms with Crippen molar-refractivity contribution >= 4 is 11.4 Å². The number of halogens is 1. The second-order valence-corrected chi connectivity index (χ2v) is 6.35. The van der Waals surface area contributed by atoms with Crippen LogP contribution in [0.1, 0.15) is 32.6 Å². The highest BCUT2D eigenvalue weighted by molar-refractivity contribution is 5.62. The second-order valence-electron chi connectivity index (χ2n) is 6.35. The topological polar surface area (TPSA) is 47.3 Å². The number of hydrogen-bond acceptors (Lipinski definition) is 3. The van der Waals surface area contributed by atoms with Gasteiger partial charge in [0, 0.05) is 18.2 Å². The summed E-state index contributed by atoms with van der Waals surface area (Å²) in [5.41, 5.74) is 6.54. The Hall–Kier alpha value is -1.45. The van der Waals surface area contributed by atoms with E-state index in [1.807, 2.05) is 0 Å². The molecule has 2 bridgehead atoms. The Morgan fingerprint density at radius 1 is 1.35 bits per heavy atom. The van der Waals surface area contributed by atoms with Crippen LogP contribution in [0.15, 0.2) is 12.1 Å². The van der Waals surface area contributed by atoms with E-state index in [1.54, 1.807) is 13.2 Å². The standard InChI is InChI=1S/C16H23FN2O/c1-9(12-6-10-3-4-11(12)5-10)19-15-8-16(20-2)14(18)7-13(15)17/h7-12,19H,3-6,18H2,1-2H3. The first-order valence-electron chi connectivity index (χ1n) is 7.48. The van der Waals surface area contributed by atoms with Crippen LogP contribution in [0.5, 0.6) is 5.75 Å². The van der Waals surface area contributed by atoms with E-state index in [0.717, 1.165) is 11.8 Å². The van der Waals surface area contributed by atoms with Gasteiger partial charge < -0.3 is 15.8 Å². The summed E-state index contributed by atoms with van der Waals surface area (Å²) in [7, 11) is 1.55. The maximum absolute atomic E-state index is 14.0. The van der Waals surface area contributed by atoms with Crippen LogP contribution < -0.4 is 15.8 Å². The molecule has 3 nitrogen and oxygen atoms in total. The summed E-state index contributed by atoms with van der Waals surface area (Å²) in [6.45, 7) is 2.16. The number of methoxy groups -OCH3 is 1. The zero-order valence-corrected chi connectivity index (χ0v) is 12.2. The number of benzene rings is 1. The van der Waals surface area contributed by atoms with Gasteiger partial charge in [0.15, 0.2) is 0 Å². The molecule has 2 aliphatic carbocycles. The molecule has 0 spiro atoms. The molecule has 2 aliphatic rings. The van der Waals surface area contributed by atoms with E-state index >= 15 is 0 Å². The van der Waals surface area contributed by atoms with Gasteiger partial charge in [-0.25, -0.2) is 4.39 Å². The van der Waals surface area contributed by atoms with Crippen LogP contribution >= 0.6 is 0 Å². The largest absolute Gasteiger partial charge is 0.495 e. The monoisotopic (exact) mass is 278 g/mol. The molecule has 2 fully saturated rings. The quantitative estimate of drug-likeness (QED) is 0.826. The highest BCUT2D eigenvalue weighted by Crippen LogP contribution is 2.50. The Labute approximate surface area is 119 Å². The first kappa shape index (κ1) is 13.5. The molecule has 4 unspecified atom stereocenters. The summed E-state index contributed by atoms with van der Waals surface area (Å²) >= 11 is 0. The summed E-state index contributed by atoms with van der Waals surface area (Å²) in [6, 6.07) is 3.27. The van der Waals surface area contributed by atoms with Gasteiger partial charge in [0.25, 0.3) is 0 Å². The highest BCUT2D eigenvalue weighted by atomic mass is 19.1. The summed E-state index contributed by atoms with van der Waals surface area (Å²) in [4.78, 5) is 0. The Morgan fingerprint density at radius 3 is 2.75 bits per heavy atom. The van der Waals surface area contributed by atoms with Gasteiger partial charge in [-0.3, -0.25) is 0 Å². The normalized spacial score (nSPS) is 29.4. The maximum Gasteiger partial charge on any atom is 0.148 e. The molecule has 0 radical (unpaired) electrons. The van der Waals surface area contributed by atoms with Gasteiger partial charge in [0.05, 0.1) is 18.5 Å². The van der Waals surface area contributed by atoms with Crippen molar-refractivity contribution in [2.75, 3.05) is 18.2 Å². The molecule has 2 saturated carbocycles. The van der Waals surface area contributed by atoms with Crippen molar-refractivity contribution < 1.29 is 9.13 Å². The number of ether oxygens (including phenoxy) is 1. The van der Waals surface area contributed by atoms with Crippen LogP contribution in [0.2, 0.25) is 0 Å². The molecular formula is C16H23FN2O.